The molecule has 0 saturated heterocycles. The molecule has 0 unspecified atom stereocenters. The maximum absolute atomic E-state index is 10.8. The molecule has 0 bridgehead atoms. The van der Waals surface area contributed by atoms with E-state index >= 15 is 0 Å². The lowest BCUT2D eigenvalue weighted by molar-refractivity contribution is -0.146. The Morgan fingerprint density at radius 1 is 1.46 bits per heavy atom. The van der Waals surface area contributed by atoms with Gasteiger partial charge >= 0.3 is 5.97 Å². The maximum Gasteiger partial charge on any atom is 0.320 e. The molecule has 0 fully saturated rings. The molecule has 0 aromatic heterocycles. The van der Waals surface area contributed by atoms with Gasteiger partial charge in [0.25, 0.3) is 0 Å². The number of carbonyl (C=O) groups is 1. The van der Waals surface area contributed by atoms with E-state index in [0.717, 1.165) is 13.0 Å². The zero-order valence-corrected chi connectivity index (χ0v) is 8.67. The third-order valence-corrected chi connectivity index (χ3v) is 1.06. The van der Waals surface area contributed by atoms with Gasteiger partial charge in [0.1, 0.15) is 0 Å². The van der Waals surface area contributed by atoms with Crippen LogP contribution in [-0.2, 0) is 9.53 Å². The number of nitrogens with one attached hydrogen (secondary N) is 1. The Bertz CT molecular complexity index is 141. The van der Waals surface area contributed by atoms with Gasteiger partial charge in [-0.05, 0) is 26.8 Å². The number of terminal acetylenes is 1. The number of hydrogen-bond donors (Lipinski definition) is 1. The van der Waals surface area contributed by atoms with Crippen LogP contribution in [0.5, 0.6) is 0 Å². The lowest BCUT2D eigenvalue weighted by Gasteiger charge is -2.07. The predicted molar refractivity (Wildman–Crippen MR) is 54.3 cm³/mol. The number of carbonyl (C=O) groups excluding carboxylic acids is 1. The van der Waals surface area contributed by atoms with Gasteiger partial charge < -0.3 is 10.1 Å². The first-order valence-electron chi connectivity index (χ1n) is 4.40. The van der Waals surface area contributed by atoms with Crippen LogP contribution in [-0.4, -0.2) is 25.2 Å². The molecule has 0 aromatic carbocycles. The molecule has 1 N–H and O–H groups in total. The molecule has 76 valence electrons. The number of hydrogen-bond acceptors (Lipinski definition) is 3. The summed E-state index contributed by atoms with van der Waals surface area (Å²) in [5.41, 5.74) is 0. The topological polar surface area (TPSA) is 38.3 Å². The fourth-order valence-corrected chi connectivity index (χ4v) is 0.672. The van der Waals surface area contributed by atoms with Crippen molar-refractivity contribution in [2.75, 3.05) is 13.1 Å². The highest BCUT2D eigenvalue weighted by Gasteiger charge is 2.02. The largest absolute Gasteiger partial charge is 0.462 e. The first-order chi connectivity index (χ1) is 6.16. The maximum atomic E-state index is 10.8. The Balaban J connectivity index is 0. The van der Waals surface area contributed by atoms with Gasteiger partial charge in [-0.1, -0.05) is 6.92 Å². The van der Waals surface area contributed by atoms with E-state index < -0.39 is 0 Å². The van der Waals surface area contributed by atoms with E-state index in [0.29, 0.717) is 6.54 Å². The molecule has 0 rings (SSSR count). The Labute approximate surface area is 80.9 Å². The predicted octanol–water partition coefficient (Wildman–Crippen LogP) is 1.19. The summed E-state index contributed by atoms with van der Waals surface area (Å²) < 4.78 is 4.90. The zero-order chi connectivity index (χ0) is 10.7. The van der Waals surface area contributed by atoms with Crippen LogP contribution in [0.25, 0.3) is 0 Å². The first kappa shape index (κ1) is 14.5. The van der Waals surface area contributed by atoms with Crippen molar-refractivity contribution >= 4 is 5.97 Å². The first-order valence-corrected chi connectivity index (χ1v) is 4.40. The second-order valence-corrected chi connectivity index (χ2v) is 2.72. The van der Waals surface area contributed by atoms with E-state index in [-0.39, 0.29) is 12.1 Å². The number of esters is 1. The third-order valence-electron chi connectivity index (χ3n) is 1.06. The third kappa shape index (κ3) is 13.9. The number of rotatable bonds is 5. The Hall–Kier alpha value is -1.01. The lowest BCUT2D eigenvalue weighted by atomic mass is 10.4. The van der Waals surface area contributed by atoms with Crippen LogP contribution in [0.1, 0.15) is 27.2 Å². The second kappa shape index (κ2) is 11.0. The highest BCUT2D eigenvalue weighted by Crippen LogP contribution is 1.87. The van der Waals surface area contributed by atoms with E-state index in [1.54, 1.807) is 0 Å². The molecule has 0 aliphatic carbocycles. The Morgan fingerprint density at radius 2 is 2.00 bits per heavy atom. The molecule has 0 heterocycles. The molecule has 0 aliphatic heterocycles. The van der Waals surface area contributed by atoms with Crippen LogP contribution in [0.2, 0.25) is 0 Å². The average Bonchev–Trinajstić information content (AvgIpc) is 2.07. The van der Waals surface area contributed by atoms with Crippen molar-refractivity contribution in [2.24, 2.45) is 0 Å². The summed E-state index contributed by atoms with van der Waals surface area (Å²) in [5, 5.41) is 2.97. The van der Waals surface area contributed by atoms with Crippen molar-refractivity contribution in [3.8, 4) is 12.8 Å². The fraction of sp³-hybridized carbons (Fsp3) is 0.700. The summed E-state index contributed by atoms with van der Waals surface area (Å²) in [6.45, 7) is 6.94. The van der Waals surface area contributed by atoms with E-state index in [9.17, 15) is 4.79 Å². The molecule has 0 atom stereocenters. The van der Waals surface area contributed by atoms with Crippen molar-refractivity contribution in [2.45, 2.75) is 33.3 Å². The van der Waals surface area contributed by atoms with Gasteiger partial charge in [-0.25, -0.2) is 0 Å². The van der Waals surface area contributed by atoms with Crippen LogP contribution >= 0.6 is 0 Å². The second-order valence-electron chi connectivity index (χ2n) is 2.72. The van der Waals surface area contributed by atoms with E-state index in [1.165, 1.54) is 0 Å². The van der Waals surface area contributed by atoms with E-state index in [4.69, 9.17) is 4.74 Å². The van der Waals surface area contributed by atoms with Crippen molar-refractivity contribution in [3.05, 3.63) is 0 Å². The standard InChI is InChI=1S/C8H17NO2.C2H2/c1-4-5-9-6-8(10)11-7(2)3;1-2/h7,9H,4-6H2,1-3H3;1-2H. The smallest absolute Gasteiger partial charge is 0.320 e. The average molecular weight is 185 g/mol. The van der Waals surface area contributed by atoms with Crippen molar-refractivity contribution < 1.29 is 9.53 Å². The summed E-state index contributed by atoms with van der Waals surface area (Å²) in [5.74, 6) is -0.173. The molecule has 0 aromatic rings. The Morgan fingerprint density at radius 3 is 2.38 bits per heavy atom. The van der Waals surface area contributed by atoms with Gasteiger partial charge in [0.2, 0.25) is 0 Å². The molecular formula is C10H19NO2. The van der Waals surface area contributed by atoms with Crippen molar-refractivity contribution in [1.29, 1.82) is 0 Å². The zero-order valence-electron chi connectivity index (χ0n) is 8.67. The monoisotopic (exact) mass is 185 g/mol. The number of ether oxygens (including phenoxy) is 1. The van der Waals surface area contributed by atoms with Gasteiger partial charge in [0, 0.05) is 0 Å². The molecule has 13 heavy (non-hydrogen) atoms. The van der Waals surface area contributed by atoms with E-state index in [2.05, 4.69) is 25.1 Å². The van der Waals surface area contributed by atoms with Gasteiger partial charge in [0.05, 0.1) is 12.6 Å². The minimum atomic E-state index is -0.173. The van der Waals surface area contributed by atoms with Crippen LogP contribution in [0.3, 0.4) is 0 Å². The lowest BCUT2D eigenvalue weighted by Crippen LogP contribution is -2.27. The summed E-state index contributed by atoms with van der Waals surface area (Å²) in [6, 6.07) is 0. The summed E-state index contributed by atoms with van der Waals surface area (Å²) in [7, 11) is 0. The molecule has 0 aliphatic rings. The SMILES string of the molecule is C#C.CCCNCC(=O)OC(C)C. The minimum Gasteiger partial charge on any atom is -0.462 e. The van der Waals surface area contributed by atoms with Gasteiger partial charge in [-0.15, -0.1) is 12.8 Å². The molecule has 3 heteroatoms. The highest BCUT2D eigenvalue weighted by molar-refractivity contribution is 5.71. The minimum absolute atomic E-state index is 0.00840. The van der Waals surface area contributed by atoms with Gasteiger partial charge in [-0.2, -0.15) is 0 Å². The molecule has 0 saturated carbocycles. The molecule has 3 nitrogen and oxygen atoms in total. The highest BCUT2D eigenvalue weighted by atomic mass is 16.5. The van der Waals surface area contributed by atoms with Gasteiger partial charge in [-0.3, -0.25) is 4.79 Å². The van der Waals surface area contributed by atoms with Crippen LogP contribution in [0.15, 0.2) is 0 Å². The normalized spacial score (nSPS) is 8.77. The van der Waals surface area contributed by atoms with Gasteiger partial charge in [0.15, 0.2) is 0 Å². The summed E-state index contributed by atoms with van der Waals surface area (Å²) >= 11 is 0. The van der Waals surface area contributed by atoms with Crippen molar-refractivity contribution in [3.63, 3.8) is 0 Å². The van der Waals surface area contributed by atoms with Crippen LogP contribution in [0, 0.1) is 12.8 Å². The Kier molecular flexibility index (Phi) is 12.3. The van der Waals surface area contributed by atoms with Crippen molar-refractivity contribution in [1.82, 2.24) is 5.32 Å². The van der Waals surface area contributed by atoms with Crippen LogP contribution in [0.4, 0.5) is 0 Å². The molecule has 0 amide bonds. The fourth-order valence-electron chi connectivity index (χ4n) is 0.672. The molecule has 0 radical (unpaired) electrons. The van der Waals surface area contributed by atoms with Crippen LogP contribution < -0.4 is 5.32 Å². The summed E-state index contributed by atoms with van der Waals surface area (Å²) in [4.78, 5) is 10.8. The molecule has 0 spiro atoms. The quantitative estimate of drug-likeness (QED) is 0.397. The van der Waals surface area contributed by atoms with E-state index in [1.807, 2.05) is 13.8 Å². The summed E-state index contributed by atoms with van der Waals surface area (Å²) in [6.07, 6.45) is 9.03. The molecular weight excluding hydrogens is 166 g/mol.